The van der Waals surface area contributed by atoms with Crippen LogP contribution < -0.4 is 15.5 Å². The van der Waals surface area contributed by atoms with Gasteiger partial charge in [-0.2, -0.15) is 0 Å². The highest BCUT2D eigenvalue weighted by molar-refractivity contribution is 6.33. The van der Waals surface area contributed by atoms with Crippen molar-refractivity contribution in [2.24, 2.45) is 0 Å². The van der Waals surface area contributed by atoms with E-state index in [0.29, 0.717) is 42.8 Å². The number of carbonyl (C=O) groups excluding carboxylic acids is 2. The summed E-state index contributed by atoms with van der Waals surface area (Å²) in [5.41, 5.74) is 0.516. The van der Waals surface area contributed by atoms with E-state index in [9.17, 15) is 9.59 Å². The van der Waals surface area contributed by atoms with Crippen LogP contribution in [-0.2, 0) is 4.79 Å². The van der Waals surface area contributed by atoms with E-state index < -0.39 is 6.04 Å². The van der Waals surface area contributed by atoms with Crippen LogP contribution in [0.25, 0.3) is 0 Å². The number of amides is 3. The van der Waals surface area contributed by atoms with Crippen LogP contribution in [-0.4, -0.2) is 59.0 Å². The van der Waals surface area contributed by atoms with Gasteiger partial charge in [0.05, 0.1) is 10.7 Å². The molecule has 2 aromatic rings. The molecule has 0 radical (unpaired) electrons. The van der Waals surface area contributed by atoms with E-state index in [0.717, 1.165) is 0 Å². The number of aromatic nitrogens is 2. The van der Waals surface area contributed by atoms with Crippen LogP contribution >= 0.6 is 11.6 Å². The predicted molar refractivity (Wildman–Crippen MR) is 104 cm³/mol. The van der Waals surface area contributed by atoms with E-state index in [1.54, 1.807) is 54.5 Å². The molecule has 1 aromatic heterocycles. The molecule has 2 heterocycles. The molecule has 142 valence electrons. The Morgan fingerprint density at radius 1 is 1.07 bits per heavy atom. The average molecular weight is 389 g/mol. The Morgan fingerprint density at radius 2 is 1.74 bits per heavy atom. The van der Waals surface area contributed by atoms with Gasteiger partial charge in [0.1, 0.15) is 6.04 Å². The molecule has 1 saturated heterocycles. The SMILES string of the molecule is C[C@@H](NC(=O)N1CCN(c2ncccn2)CC1)C(=O)Nc1ccccc1Cl. The lowest BCUT2D eigenvalue weighted by molar-refractivity contribution is -0.117. The molecule has 8 nitrogen and oxygen atoms in total. The van der Waals surface area contributed by atoms with Crippen LogP contribution in [0.4, 0.5) is 16.4 Å². The Morgan fingerprint density at radius 3 is 2.41 bits per heavy atom. The van der Waals surface area contributed by atoms with Crippen molar-refractivity contribution in [3.63, 3.8) is 0 Å². The molecule has 2 N–H and O–H groups in total. The van der Waals surface area contributed by atoms with Gasteiger partial charge in [0, 0.05) is 38.6 Å². The van der Waals surface area contributed by atoms with E-state index in [4.69, 9.17) is 11.6 Å². The third-order valence-electron chi connectivity index (χ3n) is 4.27. The summed E-state index contributed by atoms with van der Waals surface area (Å²) in [4.78, 5) is 36.9. The first kappa shape index (κ1) is 18.9. The quantitative estimate of drug-likeness (QED) is 0.835. The van der Waals surface area contributed by atoms with Crippen LogP contribution in [0.5, 0.6) is 0 Å². The number of piperazine rings is 1. The standard InChI is InChI=1S/C18H21ClN6O2/c1-13(16(26)23-15-6-3-2-5-14(15)19)22-18(27)25-11-9-24(10-12-25)17-20-7-4-8-21-17/h2-8,13H,9-12H2,1H3,(H,22,27)(H,23,26)/t13-/m1/s1. The molecule has 27 heavy (non-hydrogen) atoms. The summed E-state index contributed by atoms with van der Waals surface area (Å²) in [6.45, 7) is 3.97. The number of hydrogen-bond donors (Lipinski definition) is 2. The van der Waals surface area contributed by atoms with Gasteiger partial charge in [-0.3, -0.25) is 4.79 Å². The number of urea groups is 1. The number of hydrogen-bond acceptors (Lipinski definition) is 5. The molecule has 0 aliphatic carbocycles. The van der Waals surface area contributed by atoms with Crippen molar-refractivity contribution in [3.05, 3.63) is 47.7 Å². The van der Waals surface area contributed by atoms with Crippen molar-refractivity contribution in [1.82, 2.24) is 20.2 Å². The number of nitrogens with zero attached hydrogens (tertiary/aromatic N) is 4. The maximum atomic E-state index is 12.4. The Balaban J connectivity index is 1.49. The summed E-state index contributed by atoms with van der Waals surface area (Å²) in [5.74, 6) is 0.331. The van der Waals surface area contributed by atoms with Crippen molar-refractivity contribution >= 4 is 35.2 Å². The van der Waals surface area contributed by atoms with E-state index in [1.807, 2.05) is 4.90 Å². The first-order valence-corrected chi connectivity index (χ1v) is 9.05. The second-order valence-corrected chi connectivity index (χ2v) is 6.57. The van der Waals surface area contributed by atoms with Crippen LogP contribution in [0.2, 0.25) is 5.02 Å². The minimum absolute atomic E-state index is 0.273. The summed E-state index contributed by atoms with van der Waals surface area (Å²) >= 11 is 6.04. The molecule has 0 unspecified atom stereocenters. The second kappa shape index (κ2) is 8.68. The Kier molecular flexibility index (Phi) is 6.08. The van der Waals surface area contributed by atoms with E-state index >= 15 is 0 Å². The largest absolute Gasteiger partial charge is 0.337 e. The third kappa shape index (κ3) is 4.85. The summed E-state index contributed by atoms with van der Waals surface area (Å²) in [5, 5.41) is 5.89. The highest BCUT2D eigenvalue weighted by Crippen LogP contribution is 2.20. The smallest absolute Gasteiger partial charge is 0.318 e. The maximum absolute atomic E-state index is 12.4. The van der Waals surface area contributed by atoms with Crippen molar-refractivity contribution in [2.45, 2.75) is 13.0 Å². The Bertz CT molecular complexity index is 795. The van der Waals surface area contributed by atoms with Gasteiger partial charge >= 0.3 is 6.03 Å². The molecule has 1 aliphatic heterocycles. The van der Waals surface area contributed by atoms with Gasteiger partial charge in [0.15, 0.2) is 0 Å². The Labute approximate surface area is 162 Å². The van der Waals surface area contributed by atoms with Crippen LogP contribution in [0, 0.1) is 0 Å². The van der Waals surface area contributed by atoms with Crippen molar-refractivity contribution in [3.8, 4) is 0 Å². The molecule has 3 rings (SSSR count). The van der Waals surface area contributed by atoms with E-state index in [-0.39, 0.29) is 11.9 Å². The molecule has 1 aromatic carbocycles. The number of benzene rings is 1. The lowest BCUT2D eigenvalue weighted by atomic mass is 10.2. The lowest BCUT2D eigenvalue weighted by Crippen LogP contribution is -2.55. The highest BCUT2D eigenvalue weighted by atomic mass is 35.5. The number of carbonyl (C=O) groups is 2. The van der Waals surface area contributed by atoms with Crippen molar-refractivity contribution in [2.75, 3.05) is 36.4 Å². The third-order valence-corrected chi connectivity index (χ3v) is 4.60. The normalized spacial score (nSPS) is 15.2. The van der Waals surface area contributed by atoms with Gasteiger partial charge in [-0.15, -0.1) is 0 Å². The molecule has 0 saturated carbocycles. The van der Waals surface area contributed by atoms with Crippen LogP contribution in [0.1, 0.15) is 6.92 Å². The van der Waals surface area contributed by atoms with Crippen LogP contribution in [0.15, 0.2) is 42.7 Å². The minimum atomic E-state index is -0.691. The average Bonchev–Trinajstić information content (AvgIpc) is 2.70. The first-order chi connectivity index (χ1) is 13.0. The fourth-order valence-electron chi connectivity index (χ4n) is 2.71. The van der Waals surface area contributed by atoms with Crippen LogP contribution in [0.3, 0.4) is 0 Å². The zero-order chi connectivity index (χ0) is 19.2. The first-order valence-electron chi connectivity index (χ1n) is 8.67. The molecular weight excluding hydrogens is 368 g/mol. The summed E-state index contributed by atoms with van der Waals surface area (Å²) in [6, 6.07) is 7.76. The zero-order valence-corrected chi connectivity index (χ0v) is 15.7. The molecule has 3 amide bonds. The number of nitrogens with one attached hydrogen (secondary N) is 2. The van der Waals surface area contributed by atoms with Crippen molar-refractivity contribution < 1.29 is 9.59 Å². The van der Waals surface area contributed by atoms with Gasteiger partial charge in [0.2, 0.25) is 11.9 Å². The predicted octanol–water partition coefficient (Wildman–Crippen LogP) is 1.99. The van der Waals surface area contributed by atoms with E-state index in [1.165, 1.54) is 0 Å². The number of anilines is 2. The number of halogens is 1. The van der Waals surface area contributed by atoms with Gasteiger partial charge in [-0.05, 0) is 25.1 Å². The molecule has 1 fully saturated rings. The maximum Gasteiger partial charge on any atom is 0.318 e. The monoisotopic (exact) mass is 388 g/mol. The van der Waals surface area contributed by atoms with Gasteiger partial charge in [0.25, 0.3) is 0 Å². The van der Waals surface area contributed by atoms with Gasteiger partial charge in [-0.25, -0.2) is 14.8 Å². The second-order valence-electron chi connectivity index (χ2n) is 6.16. The highest BCUT2D eigenvalue weighted by Gasteiger charge is 2.25. The molecule has 1 aliphatic rings. The molecule has 1 atom stereocenters. The topological polar surface area (TPSA) is 90.5 Å². The van der Waals surface area contributed by atoms with Gasteiger partial charge in [-0.1, -0.05) is 23.7 Å². The molecule has 0 bridgehead atoms. The molecule has 0 spiro atoms. The fraction of sp³-hybridized carbons (Fsp3) is 0.333. The molecule has 9 heteroatoms. The number of para-hydroxylation sites is 1. The number of rotatable bonds is 4. The minimum Gasteiger partial charge on any atom is -0.337 e. The zero-order valence-electron chi connectivity index (χ0n) is 14.9. The Hall–Kier alpha value is -2.87. The summed E-state index contributed by atoms with van der Waals surface area (Å²) < 4.78 is 0. The lowest BCUT2D eigenvalue weighted by Gasteiger charge is -2.35. The van der Waals surface area contributed by atoms with Gasteiger partial charge < -0.3 is 20.4 Å². The van der Waals surface area contributed by atoms with Crippen molar-refractivity contribution in [1.29, 1.82) is 0 Å². The summed E-state index contributed by atoms with van der Waals surface area (Å²) in [6.07, 6.45) is 3.39. The van der Waals surface area contributed by atoms with E-state index in [2.05, 4.69) is 20.6 Å². The molecular formula is C18H21ClN6O2. The summed E-state index contributed by atoms with van der Waals surface area (Å²) in [7, 11) is 0. The fourth-order valence-corrected chi connectivity index (χ4v) is 2.89.